The van der Waals surface area contributed by atoms with E-state index in [0.717, 1.165) is 17.4 Å². The number of amides is 1. The first-order chi connectivity index (χ1) is 10.0. The Morgan fingerprint density at radius 3 is 2.86 bits per heavy atom. The van der Waals surface area contributed by atoms with Crippen molar-refractivity contribution in [2.24, 2.45) is 0 Å². The standard InChI is InChI=1S/C12H7F3N4OS/c13-5-2-1-3-8-9(5)16-12(21-8)17-11(20)7-4-6(10(14)15)18-19-7/h1-4,10H,(H,18,19)(H,16,17,20). The number of hydrogen-bond donors (Lipinski definition) is 2. The van der Waals surface area contributed by atoms with Gasteiger partial charge in [0.15, 0.2) is 10.8 Å². The van der Waals surface area contributed by atoms with Crippen LogP contribution in [0, 0.1) is 5.82 Å². The predicted molar refractivity (Wildman–Crippen MR) is 71.1 cm³/mol. The lowest BCUT2D eigenvalue weighted by molar-refractivity contribution is 0.102. The number of nitrogens with zero attached hydrogens (tertiary/aromatic N) is 2. The van der Waals surface area contributed by atoms with Crippen LogP contribution in [0.15, 0.2) is 24.3 Å². The number of carbonyl (C=O) groups is 1. The number of halogens is 3. The van der Waals surface area contributed by atoms with Crippen LogP contribution in [0.3, 0.4) is 0 Å². The maximum atomic E-state index is 13.5. The zero-order valence-electron chi connectivity index (χ0n) is 10.2. The maximum absolute atomic E-state index is 13.5. The summed E-state index contributed by atoms with van der Waals surface area (Å²) in [5.74, 6) is -1.19. The molecule has 0 aliphatic rings. The normalized spacial score (nSPS) is 11.2. The molecule has 2 aromatic heterocycles. The fourth-order valence-corrected chi connectivity index (χ4v) is 2.57. The first-order valence-corrected chi connectivity index (χ1v) is 6.56. The summed E-state index contributed by atoms with van der Waals surface area (Å²) in [5, 5.41) is 8.13. The molecule has 1 amide bonds. The third-order valence-electron chi connectivity index (χ3n) is 2.66. The number of aromatic nitrogens is 3. The van der Waals surface area contributed by atoms with E-state index in [1.807, 2.05) is 0 Å². The van der Waals surface area contributed by atoms with Crippen LogP contribution in [0.2, 0.25) is 0 Å². The molecule has 2 heterocycles. The molecule has 2 N–H and O–H groups in total. The number of benzene rings is 1. The molecule has 3 rings (SSSR count). The molecule has 5 nitrogen and oxygen atoms in total. The van der Waals surface area contributed by atoms with Gasteiger partial charge in [0.25, 0.3) is 12.3 Å². The topological polar surface area (TPSA) is 70.7 Å². The summed E-state index contributed by atoms with van der Waals surface area (Å²) in [6.45, 7) is 0. The van der Waals surface area contributed by atoms with Crippen LogP contribution in [-0.2, 0) is 0 Å². The minimum Gasteiger partial charge on any atom is -0.296 e. The van der Waals surface area contributed by atoms with Crippen molar-refractivity contribution < 1.29 is 18.0 Å². The van der Waals surface area contributed by atoms with Gasteiger partial charge in [0.05, 0.1) is 4.70 Å². The van der Waals surface area contributed by atoms with E-state index in [4.69, 9.17) is 0 Å². The molecule has 0 bridgehead atoms. The highest BCUT2D eigenvalue weighted by Gasteiger charge is 2.17. The third-order valence-corrected chi connectivity index (χ3v) is 3.59. The number of H-pyrrole nitrogens is 1. The largest absolute Gasteiger partial charge is 0.296 e. The minimum atomic E-state index is -2.74. The van der Waals surface area contributed by atoms with E-state index in [9.17, 15) is 18.0 Å². The molecule has 0 aliphatic heterocycles. The molecule has 0 radical (unpaired) electrons. The van der Waals surface area contributed by atoms with Crippen molar-refractivity contribution in [1.29, 1.82) is 0 Å². The summed E-state index contributed by atoms with van der Waals surface area (Å²) < 4.78 is 38.9. The lowest BCUT2D eigenvalue weighted by Gasteiger charge is -1.96. The first kappa shape index (κ1) is 13.6. The van der Waals surface area contributed by atoms with Gasteiger partial charge in [0.2, 0.25) is 0 Å². The predicted octanol–water partition coefficient (Wildman–Crippen LogP) is 3.35. The number of anilines is 1. The second-order valence-electron chi connectivity index (χ2n) is 4.07. The molecule has 1 aromatic carbocycles. The number of fused-ring (bicyclic) bond motifs is 1. The Bertz CT molecular complexity index is 814. The molecule has 0 saturated carbocycles. The highest BCUT2D eigenvalue weighted by atomic mass is 32.1. The zero-order valence-corrected chi connectivity index (χ0v) is 11.0. The Balaban J connectivity index is 1.83. The van der Waals surface area contributed by atoms with Crippen molar-refractivity contribution >= 4 is 32.6 Å². The third kappa shape index (κ3) is 2.59. The SMILES string of the molecule is O=C(Nc1nc2c(F)cccc2s1)c1cc(C(F)F)[nH]n1. The Labute approximate surface area is 119 Å². The number of carbonyl (C=O) groups excluding carboxylic acids is 1. The van der Waals surface area contributed by atoms with Gasteiger partial charge in [0.1, 0.15) is 17.0 Å². The Morgan fingerprint density at radius 1 is 1.38 bits per heavy atom. The van der Waals surface area contributed by atoms with Gasteiger partial charge in [0, 0.05) is 0 Å². The van der Waals surface area contributed by atoms with Crippen LogP contribution in [-0.4, -0.2) is 21.1 Å². The maximum Gasteiger partial charge on any atom is 0.279 e. The first-order valence-electron chi connectivity index (χ1n) is 5.74. The number of hydrogen-bond acceptors (Lipinski definition) is 4. The molecule has 0 saturated heterocycles. The van der Waals surface area contributed by atoms with E-state index >= 15 is 0 Å². The Kier molecular flexibility index (Phi) is 3.34. The number of alkyl halides is 2. The van der Waals surface area contributed by atoms with Crippen LogP contribution < -0.4 is 5.32 Å². The highest BCUT2D eigenvalue weighted by Crippen LogP contribution is 2.27. The zero-order chi connectivity index (χ0) is 15.0. The van der Waals surface area contributed by atoms with E-state index in [1.54, 1.807) is 6.07 Å². The van der Waals surface area contributed by atoms with Crippen LogP contribution >= 0.6 is 11.3 Å². The van der Waals surface area contributed by atoms with Crippen LogP contribution in [0.4, 0.5) is 18.3 Å². The van der Waals surface area contributed by atoms with Gasteiger partial charge >= 0.3 is 0 Å². The molecule has 21 heavy (non-hydrogen) atoms. The summed E-state index contributed by atoms with van der Waals surface area (Å²) in [5.41, 5.74) is -0.492. The molecular formula is C12H7F3N4OS. The number of thiazole rings is 1. The van der Waals surface area contributed by atoms with Gasteiger partial charge in [-0.2, -0.15) is 5.10 Å². The minimum absolute atomic E-state index is 0.146. The van der Waals surface area contributed by atoms with Gasteiger partial charge in [-0.25, -0.2) is 18.2 Å². The summed E-state index contributed by atoms with van der Waals surface area (Å²) in [6, 6.07) is 5.41. The second-order valence-corrected chi connectivity index (χ2v) is 5.10. The summed E-state index contributed by atoms with van der Waals surface area (Å²) >= 11 is 1.08. The molecule has 0 spiro atoms. The molecule has 9 heteroatoms. The van der Waals surface area contributed by atoms with E-state index in [0.29, 0.717) is 4.70 Å². The number of aromatic amines is 1. The highest BCUT2D eigenvalue weighted by molar-refractivity contribution is 7.22. The van der Waals surface area contributed by atoms with Crippen molar-refractivity contribution in [3.05, 3.63) is 41.5 Å². The molecule has 0 aliphatic carbocycles. The van der Waals surface area contributed by atoms with Crippen molar-refractivity contribution in [1.82, 2.24) is 15.2 Å². The molecule has 0 unspecified atom stereocenters. The van der Waals surface area contributed by atoms with Crippen LogP contribution in [0.1, 0.15) is 22.6 Å². The van der Waals surface area contributed by atoms with Crippen LogP contribution in [0.5, 0.6) is 0 Å². The molecule has 0 fully saturated rings. The fraction of sp³-hybridized carbons (Fsp3) is 0.0833. The van der Waals surface area contributed by atoms with Gasteiger partial charge in [-0.05, 0) is 18.2 Å². The monoisotopic (exact) mass is 312 g/mol. The van der Waals surface area contributed by atoms with Gasteiger partial charge in [-0.1, -0.05) is 17.4 Å². The number of rotatable bonds is 3. The summed E-state index contributed by atoms with van der Waals surface area (Å²) in [4.78, 5) is 15.8. The van der Waals surface area contributed by atoms with Crippen LogP contribution in [0.25, 0.3) is 10.2 Å². The average molecular weight is 312 g/mol. The summed E-state index contributed by atoms with van der Waals surface area (Å²) in [6.07, 6.45) is -2.74. The number of nitrogens with one attached hydrogen (secondary N) is 2. The molecule has 3 aromatic rings. The second kappa shape index (κ2) is 5.17. The van der Waals surface area contributed by atoms with Crippen molar-refractivity contribution in [2.75, 3.05) is 5.32 Å². The number of para-hydroxylation sites is 1. The van der Waals surface area contributed by atoms with E-state index in [-0.39, 0.29) is 16.3 Å². The smallest absolute Gasteiger partial charge is 0.279 e. The van der Waals surface area contributed by atoms with Gasteiger partial charge < -0.3 is 0 Å². The van der Waals surface area contributed by atoms with E-state index in [2.05, 4.69) is 20.5 Å². The Morgan fingerprint density at radius 2 is 2.19 bits per heavy atom. The molecule has 108 valence electrons. The van der Waals surface area contributed by atoms with Crippen molar-refractivity contribution in [3.8, 4) is 0 Å². The van der Waals surface area contributed by atoms with Crippen molar-refractivity contribution in [3.63, 3.8) is 0 Å². The lowest BCUT2D eigenvalue weighted by atomic mass is 10.3. The van der Waals surface area contributed by atoms with Crippen molar-refractivity contribution in [2.45, 2.75) is 6.43 Å². The van der Waals surface area contributed by atoms with Gasteiger partial charge in [-0.15, -0.1) is 0 Å². The molecule has 0 atom stereocenters. The van der Waals surface area contributed by atoms with E-state index < -0.39 is 23.8 Å². The lowest BCUT2D eigenvalue weighted by Crippen LogP contribution is -2.12. The van der Waals surface area contributed by atoms with E-state index in [1.165, 1.54) is 12.1 Å². The quantitative estimate of drug-likeness (QED) is 0.779. The van der Waals surface area contributed by atoms with Gasteiger partial charge in [-0.3, -0.25) is 15.2 Å². The fourth-order valence-electron chi connectivity index (χ4n) is 1.69. The average Bonchev–Trinajstić information content (AvgIpc) is 3.05. The molecular weight excluding hydrogens is 305 g/mol. The Hall–Kier alpha value is -2.42. The summed E-state index contributed by atoms with van der Waals surface area (Å²) in [7, 11) is 0.